The number of amides is 2. The van der Waals surface area contributed by atoms with Crippen molar-refractivity contribution in [3.05, 3.63) is 10.0 Å². The van der Waals surface area contributed by atoms with Gasteiger partial charge in [0.1, 0.15) is 10.0 Å². The van der Waals surface area contributed by atoms with Crippen molar-refractivity contribution in [1.29, 1.82) is 0 Å². The maximum Gasteiger partial charge on any atom is 0.241 e. The summed E-state index contributed by atoms with van der Waals surface area (Å²) in [4.78, 5) is 30.1. The summed E-state index contributed by atoms with van der Waals surface area (Å²) in [6.07, 6.45) is 2.01. The maximum absolute atomic E-state index is 12.7. The molecular weight excluding hydrogens is 354 g/mol. The number of ether oxygens (including phenoxy) is 1. The van der Waals surface area contributed by atoms with E-state index in [4.69, 9.17) is 4.74 Å². The van der Waals surface area contributed by atoms with E-state index >= 15 is 0 Å². The first-order valence-electron chi connectivity index (χ1n) is 9.00. The van der Waals surface area contributed by atoms with E-state index in [2.05, 4.69) is 15.1 Å². The SMILES string of the molecule is Cc1nnc(CN2CCC3(CC2)CC(=O)N(CC(=O)N(C)C)CCO3)s1. The van der Waals surface area contributed by atoms with E-state index in [0.717, 1.165) is 42.5 Å². The molecule has 8 nitrogen and oxygen atoms in total. The zero-order valence-electron chi connectivity index (χ0n) is 15.7. The topological polar surface area (TPSA) is 78.9 Å². The van der Waals surface area contributed by atoms with Crippen LogP contribution < -0.4 is 0 Å². The number of likely N-dealkylation sites (N-methyl/N-ethyl adjacent to an activating group) is 1. The highest BCUT2D eigenvalue weighted by atomic mass is 32.1. The number of aromatic nitrogens is 2. The Hall–Kier alpha value is -1.58. The molecule has 26 heavy (non-hydrogen) atoms. The van der Waals surface area contributed by atoms with Gasteiger partial charge in [-0.05, 0) is 19.8 Å². The van der Waals surface area contributed by atoms with Crippen LogP contribution in [0.4, 0.5) is 0 Å². The minimum absolute atomic E-state index is 0.0194. The second-order valence-corrected chi connectivity index (χ2v) is 8.57. The Morgan fingerprint density at radius 3 is 2.62 bits per heavy atom. The van der Waals surface area contributed by atoms with Gasteiger partial charge >= 0.3 is 0 Å². The lowest BCUT2D eigenvalue weighted by molar-refractivity contribution is -0.140. The molecule has 3 rings (SSSR count). The Morgan fingerprint density at radius 1 is 1.27 bits per heavy atom. The summed E-state index contributed by atoms with van der Waals surface area (Å²) in [5, 5.41) is 10.3. The number of aryl methyl sites for hydroxylation is 1. The molecule has 0 bridgehead atoms. The molecular formula is C17H27N5O3S. The molecule has 9 heteroatoms. The fourth-order valence-corrected chi connectivity index (χ4v) is 4.19. The van der Waals surface area contributed by atoms with Crippen molar-refractivity contribution in [3.63, 3.8) is 0 Å². The van der Waals surface area contributed by atoms with Crippen LogP contribution in [-0.2, 0) is 20.9 Å². The van der Waals surface area contributed by atoms with Gasteiger partial charge in [-0.3, -0.25) is 14.5 Å². The number of rotatable bonds is 4. The van der Waals surface area contributed by atoms with Gasteiger partial charge in [0.2, 0.25) is 11.8 Å². The largest absolute Gasteiger partial charge is 0.373 e. The smallest absolute Gasteiger partial charge is 0.241 e. The van der Waals surface area contributed by atoms with E-state index in [1.807, 2.05) is 6.92 Å². The number of hydrogen-bond donors (Lipinski definition) is 0. The van der Waals surface area contributed by atoms with Gasteiger partial charge in [-0.25, -0.2) is 0 Å². The Labute approximate surface area is 158 Å². The fraction of sp³-hybridized carbons (Fsp3) is 0.765. The summed E-state index contributed by atoms with van der Waals surface area (Å²) in [6.45, 7) is 5.62. The molecule has 1 aromatic rings. The molecule has 0 saturated carbocycles. The Bertz CT molecular complexity index is 655. The van der Waals surface area contributed by atoms with Gasteiger partial charge in [-0.2, -0.15) is 0 Å². The van der Waals surface area contributed by atoms with Gasteiger partial charge in [0.05, 0.1) is 31.7 Å². The number of nitrogens with zero attached hydrogens (tertiary/aromatic N) is 5. The van der Waals surface area contributed by atoms with Gasteiger partial charge < -0.3 is 14.5 Å². The zero-order valence-corrected chi connectivity index (χ0v) is 16.5. The lowest BCUT2D eigenvalue weighted by Gasteiger charge is -2.40. The molecule has 2 amide bonds. The predicted octanol–water partition coefficient (Wildman–Crippen LogP) is 0.518. The third kappa shape index (κ3) is 4.57. The second-order valence-electron chi connectivity index (χ2n) is 7.30. The monoisotopic (exact) mass is 381 g/mol. The molecule has 0 atom stereocenters. The first kappa shape index (κ1) is 19.2. The summed E-state index contributed by atoms with van der Waals surface area (Å²) in [5.74, 6) is -0.0395. The van der Waals surface area contributed by atoms with Crippen LogP contribution in [0.1, 0.15) is 29.3 Å². The van der Waals surface area contributed by atoms with Crippen molar-refractivity contribution < 1.29 is 14.3 Å². The molecule has 2 aliphatic rings. The predicted molar refractivity (Wildman–Crippen MR) is 97.7 cm³/mol. The number of likely N-dealkylation sites (tertiary alicyclic amines) is 1. The van der Waals surface area contributed by atoms with Crippen molar-refractivity contribution in [1.82, 2.24) is 24.9 Å². The molecule has 2 saturated heterocycles. The highest BCUT2D eigenvalue weighted by molar-refractivity contribution is 7.11. The van der Waals surface area contributed by atoms with Crippen LogP contribution in [0.3, 0.4) is 0 Å². The fourth-order valence-electron chi connectivity index (χ4n) is 3.44. The normalized spacial score (nSPS) is 21.0. The molecule has 3 heterocycles. The molecule has 144 valence electrons. The van der Waals surface area contributed by atoms with Crippen molar-refractivity contribution >= 4 is 23.2 Å². The van der Waals surface area contributed by atoms with Crippen LogP contribution in [-0.4, -0.2) is 89.2 Å². The summed E-state index contributed by atoms with van der Waals surface area (Å²) in [5.41, 5.74) is -0.388. The van der Waals surface area contributed by atoms with Crippen LogP contribution in [0.2, 0.25) is 0 Å². The minimum atomic E-state index is -0.388. The Kier molecular flexibility index (Phi) is 5.89. The second kappa shape index (κ2) is 7.98. The van der Waals surface area contributed by atoms with E-state index < -0.39 is 0 Å². The summed E-state index contributed by atoms with van der Waals surface area (Å²) in [7, 11) is 3.41. The molecule has 1 aromatic heterocycles. The lowest BCUT2D eigenvalue weighted by Crippen LogP contribution is -2.47. The average molecular weight is 382 g/mol. The quantitative estimate of drug-likeness (QED) is 0.757. The summed E-state index contributed by atoms with van der Waals surface area (Å²) < 4.78 is 6.14. The Balaban J connectivity index is 1.55. The first-order valence-corrected chi connectivity index (χ1v) is 9.82. The van der Waals surface area contributed by atoms with Crippen LogP contribution in [0.25, 0.3) is 0 Å². The molecule has 2 fully saturated rings. The van der Waals surface area contributed by atoms with E-state index in [-0.39, 0.29) is 24.0 Å². The number of carbonyl (C=O) groups excluding carboxylic acids is 2. The van der Waals surface area contributed by atoms with Crippen LogP contribution in [0.5, 0.6) is 0 Å². The van der Waals surface area contributed by atoms with Crippen molar-refractivity contribution in [2.75, 3.05) is 46.9 Å². The van der Waals surface area contributed by atoms with Crippen LogP contribution in [0.15, 0.2) is 0 Å². The molecule has 0 unspecified atom stereocenters. The van der Waals surface area contributed by atoms with Gasteiger partial charge in [-0.15, -0.1) is 21.5 Å². The van der Waals surface area contributed by atoms with Crippen molar-refractivity contribution in [2.45, 2.75) is 38.3 Å². The van der Waals surface area contributed by atoms with E-state index in [1.165, 1.54) is 4.90 Å². The molecule has 0 aromatic carbocycles. The van der Waals surface area contributed by atoms with Crippen molar-refractivity contribution in [2.24, 2.45) is 0 Å². The molecule has 1 spiro atoms. The molecule has 0 radical (unpaired) electrons. The average Bonchev–Trinajstić information content (AvgIpc) is 2.94. The zero-order chi connectivity index (χ0) is 18.7. The highest BCUT2D eigenvalue weighted by Crippen LogP contribution is 2.33. The maximum atomic E-state index is 12.7. The molecule has 0 N–H and O–H groups in total. The van der Waals surface area contributed by atoms with Crippen molar-refractivity contribution in [3.8, 4) is 0 Å². The molecule has 0 aliphatic carbocycles. The number of carbonyl (C=O) groups is 2. The van der Waals surface area contributed by atoms with Crippen LogP contribution in [0, 0.1) is 6.92 Å². The number of piperidine rings is 1. The van der Waals surface area contributed by atoms with E-state index in [1.54, 1.807) is 30.3 Å². The number of hydrogen-bond acceptors (Lipinski definition) is 7. The van der Waals surface area contributed by atoms with E-state index in [0.29, 0.717) is 19.6 Å². The first-order chi connectivity index (χ1) is 12.4. The van der Waals surface area contributed by atoms with Gasteiger partial charge in [0.25, 0.3) is 0 Å². The van der Waals surface area contributed by atoms with E-state index in [9.17, 15) is 9.59 Å². The third-order valence-corrected chi connectivity index (χ3v) is 5.94. The summed E-state index contributed by atoms with van der Waals surface area (Å²) in [6, 6.07) is 0. The highest BCUT2D eigenvalue weighted by Gasteiger charge is 2.41. The lowest BCUT2D eigenvalue weighted by atomic mass is 9.87. The van der Waals surface area contributed by atoms with Gasteiger partial charge in [0, 0.05) is 33.7 Å². The summed E-state index contributed by atoms with van der Waals surface area (Å²) >= 11 is 1.63. The van der Waals surface area contributed by atoms with Gasteiger partial charge in [0.15, 0.2) is 0 Å². The molecule has 2 aliphatic heterocycles. The Morgan fingerprint density at radius 2 is 2.00 bits per heavy atom. The third-order valence-electron chi connectivity index (χ3n) is 5.11. The minimum Gasteiger partial charge on any atom is -0.373 e. The standard InChI is InChI=1S/C17H27N5O3S/c1-13-18-19-14(26-13)11-21-6-4-17(5-7-21)10-15(23)22(8-9-25-17)12-16(24)20(2)3/h4-12H2,1-3H3. The van der Waals surface area contributed by atoms with Gasteiger partial charge in [-0.1, -0.05) is 0 Å². The van der Waals surface area contributed by atoms with Crippen LogP contribution >= 0.6 is 11.3 Å².